The third-order valence-electron chi connectivity index (χ3n) is 3.92. The third kappa shape index (κ3) is 3.07. The van der Waals surface area contributed by atoms with E-state index in [1.165, 1.54) is 0 Å². The highest BCUT2D eigenvalue weighted by Crippen LogP contribution is 2.28. The van der Waals surface area contributed by atoms with Gasteiger partial charge in [-0.05, 0) is 36.9 Å². The van der Waals surface area contributed by atoms with Crippen LogP contribution in [0.5, 0.6) is 5.75 Å². The molecule has 5 heteroatoms. The molecule has 2 N–H and O–H groups in total. The molecule has 0 aliphatic rings. The summed E-state index contributed by atoms with van der Waals surface area (Å²) in [5.74, 6) is 0.609. The lowest BCUT2D eigenvalue weighted by atomic mass is 9.87. The Kier molecular flexibility index (Phi) is 4.31. The number of nitrogens with one attached hydrogen (secondary N) is 1. The van der Waals surface area contributed by atoms with Crippen LogP contribution < -0.4 is 10.1 Å². The number of nitrogens with zero attached hydrogens (tertiary/aromatic N) is 1. The van der Waals surface area contributed by atoms with Gasteiger partial charge in [-0.1, -0.05) is 13.0 Å². The number of aliphatic carboxylic acids is 1. The summed E-state index contributed by atoms with van der Waals surface area (Å²) in [7, 11) is 1.61. The molecule has 1 aromatic heterocycles. The van der Waals surface area contributed by atoms with E-state index in [-0.39, 0.29) is 0 Å². The maximum Gasteiger partial charge on any atom is 0.311 e. The van der Waals surface area contributed by atoms with Gasteiger partial charge in [-0.2, -0.15) is 0 Å². The van der Waals surface area contributed by atoms with Crippen LogP contribution in [0, 0.1) is 5.41 Å². The van der Waals surface area contributed by atoms with Gasteiger partial charge in [0.15, 0.2) is 0 Å². The first-order valence-electron chi connectivity index (χ1n) is 6.90. The average molecular weight is 288 g/mol. The predicted octanol–water partition coefficient (Wildman–Crippen LogP) is 3.16. The van der Waals surface area contributed by atoms with Crippen molar-refractivity contribution in [3.63, 3.8) is 0 Å². The Labute approximate surface area is 124 Å². The molecule has 0 amide bonds. The summed E-state index contributed by atoms with van der Waals surface area (Å²) >= 11 is 0. The number of fused-ring (bicyclic) bond motifs is 1. The molecule has 2 aromatic rings. The van der Waals surface area contributed by atoms with Gasteiger partial charge in [-0.25, -0.2) is 4.98 Å². The molecule has 0 fully saturated rings. The number of carboxylic acids is 1. The fraction of sp³-hybridized carbons (Fsp3) is 0.375. The minimum absolute atomic E-state index is 0.322. The Bertz CT molecular complexity index is 657. The van der Waals surface area contributed by atoms with Gasteiger partial charge >= 0.3 is 5.97 Å². The summed E-state index contributed by atoms with van der Waals surface area (Å²) in [6.45, 7) is 3.92. The van der Waals surface area contributed by atoms with E-state index in [1.54, 1.807) is 20.2 Å². The number of carboxylic acid groups (broad SMARTS) is 1. The minimum Gasteiger partial charge on any atom is -0.497 e. The Morgan fingerprint density at radius 1 is 1.43 bits per heavy atom. The van der Waals surface area contributed by atoms with Gasteiger partial charge in [0.25, 0.3) is 0 Å². The summed E-state index contributed by atoms with van der Waals surface area (Å²) in [6.07, 6.45) is 2.25. The molecule has 0 bridgehead atoms. The zero-order valence-corrected chi connectivity index (χ0v) is 12.5. The van der Waals surface area contributed by atoms with E-state index < -0.39 is 11.4 Å². The number of aromatic nitrogens is 1. The van der Waals surface area contributed by atoms with Crippen molar-refractivity contribution in [2.75, 3.05) is 19.0 Å². The van der Waals surface area contributed by atoms with Crippen molar-refractivity contribution in [1.82, 2.24) is 4.98 Å². The molecule has 2 rings (SSSR count). The van der Waals surface area contributed by atoms with Gasteiger partial charge in [-0.15, -0.1) is 0 Å². The number of carbonyl (C=O) groups is 1. The van der Waals surface area contributed by atoms with Crippen LogP contribution in [0.1, 0.15) is 20.3 Å². The third-order valence-corrected chi connectivity index (χ3v) is 3.92. The molecule has 0 saturated carbocycles. The molecule has 112 valence electrons. The second-order valence-electron chi connectivity index (χ2n) is 5.32. The molecule has 0 spiro atoms. The average Bonchev–Trinajstić information content (AvgIpc) is 2.51. The molecule has 21 heavy (non-hydrogen) atoms. The molecule has 1 atom stereocenters. The lowest BCUT2D eigenvalue weighted by Gasteiger charge is -2.24. The van der Waals surface area contributed by atoms with E-state index in [9.17, 15) is 9.90 Å². The molecule has 0 aliphatic heterocycles. The number of rotatable bonds is 6. The highest BCUT2D eigenvalue weighted by atomic mass is 16.5. The summed E-state index contributed by atoms with van der Waals surface area (Å²) in [5.41, 5.74) is -0.817. The van der Waals surface area contributed by atoms with Crippen LogP contribution in [-0.2, 0) is 4.79 Å². The first-order chi connectivity index (χ1) is 10.00. The number of methoxy groups -OCH3 is 1. The van der Waals surface area contributed by atoms with Crippen LogP contribution in [-0.4, -0.2) is 29.7 Å². The quantitative estimate of drug-likeness (QED) is 0.854. The number of hydrogen-bond acceptors (Lipinski definition) is 4. The number of hydrogen-bond donors (Lipinski definition) is 2. The lowest BCUT2D eigenvalue weighted by Crippen LogP contribution is -2.34. The van der Waals surface area contributed by atoms with Crippen molar-refractivity contribution in [1.29, 1.82) is 0 Å². The molecule has 1 unspecified atom stereocenters. The van der Waals surface area contributed by atoms with Gasteiger partial charge in [0.05, 0.1) is 12.5 Å². The Morgan fingerprint density at radius 2 is 2.19 bits per heavy atom. The van der Waals surface area contributed by atoms with E-state index in [1.807, 2.05) is 31.2 Å². The van der Waals surface area contributed by atoms with Crippen LogP contribution in [0.3, 0.4) is 0 Å². The Balaban J connectivity index is 2.32. The molecular formula is C16H20N2O3. The van der Waals surface area contributed by atoms with Gasteiger partial charge in [0.1, 0.15) is 11.6 Å². The topological polar surface area (TPSA) is 71.5 Å². The SMILES string of the molecule is CCC(C)(CNc1nccc2ccc(OC)cc12)C(=O)O. The smallest absolute Gasteiger partial charge is 0.311 e. The van der Waals surface area contributed by atoms with Crippen molar-refractivity contribution in [3.05, 3.63) is 30.5 Å². The Morgan fingerprint density at radius 3 is 2.81 bits per heavy atom. The molecule has 1 heterocycles. The minimum atomic E-state index is -0.817. The zero-order valence-electron chi connectivity index (χ0n) is 12.5. The van der Waals surface area contributed by atoms with E-state index in [4.69, 9.17) is 4.74 Å². The molecule has 0 saturated heterocycles. The van der Waals surface area contributed by atoms with E-state index in [0.29, 0.717) is 18.8 Å². The van der Waals surface area contributed by atoms with Crippen LogP contribution in [0.2, 0.25) is 0 Å². The fourth-order valence-electron chi connectivity index (χ4n) is 2.05. The molecule has 1 aromatic carbocycles. The predicted molar refractivity (Wildman–Crippen MR) is 82.8 cm³/mol. The number of pyridine rings is 1. The van der Waals surface area contributed by atoms with E-state index in [2.05, 4.69) is 10.3 Å². The van der Waals surface area contributed by atoms with Crippen molar-refractivity contribution in [2.24, 2.45) is 5.41 Å². The number of ether oxygens (including phenoxy) is 1. The van der Waals surface area contributed by atoms with Crippen molar-refractivity contribution < 1.29 is 14.6 Å². The van der Waals surface area contributed by atoms with Gasteiger partial charge in [0, 0.05) is 18.1 Å². The maximum atomic E-state index is 11.4. The number of benzene rings is 1. The van der Waals surface area contributed by atoms with Gasteiger partial charge in [0.2, 0.25) is 0 Å². The van der Waals surface area contributed by atoms with Crippen LogP contribution in [0.4, 0.5) is 5.82 Å². The zero-order chi connectivity index (χ0) is 15.5. The summed E-state index contributed by atoms with van der Waals surface area (Å²) in [6, 6.07) is 7.65. The highest BCUT2D eigenvalue weighted by molar-refractivity contribution is 5.93. The standard InChI is InChI=1S/C16H20N2O3/c1-4-16(2,15(19)20)10-18-14-13-9-12(21-3)6-5-11(13)7-8-17-14/h5-9H,4,10H2,1-3H3,(H,17,18)(H,19,20). The molecule has 0 aliphatic carbocycles. The van der Waals surface area contributed by atoms with Gasteiger partial charge < -0.3 is 15.2 Å². The maximum absolute atomic E-state index is 11.4. The molecular weight excluding hydrogens is 268 g/mol. The van der Waals surface area contributed by atoms with Crippen LogP contribution in [0.25, 0.3) is 10.8 Å². The first-order valence-corrected chi connectivity index (χ1v) is 6.90. The largest absolute Gasteiger partial charge is 0.497 e. The van der Waals surface area contributed by atoms with E-state index >= 15 is 0 Å². The lowest BCUT2D eigenvalue weighted by molar-refractivity contribution is -0.147. The fourth-order valence-corrected chi connectivity index (χ4v) is 2.05. The monoisotopic (exact) mass is 288 g/mol. The van der Waals surface area contributed by atoms with E-state index in [0.717, 1.165) is 16.5 Å². The van der Waals surface area contributed by atoms with Crippen molar-refractivity contribution in [2.45, 2.75) is 20.3 Å². The molecule has 0 radical (unpaired) electrons. The Hall–Kier alpha value is -2.30. The second-order valence-corrected chi connectivity index (χ2v) is 5.32. The molecule has 5 nitrogen and oxygen atoms in total. The van der Waals surface area contributed by atoms with Gasteiger partial charge in [-0.3, -0.25) is 4.79 Å². The summed E-state index contributed by atoms with van der Waals surface area (Å²) in [4.78, 5) is 15.7. The normalized spacial score (nSPS) is 13.7. The van der Waals surface area contributed by atoms with Crippen LogP contribution in [0.15, 0.2) is 30.5 Å². The van der Waals surface area contributed by atoms with Crippen molar-refractivity contribution >= 4 is 22.6 Å². The first kappa shape index (κ1) is 15.1. The van der Waals surface area contributed by atoms with Crippen LogP contribution >= 0.6 is 0 Å². The summed E-state index contributed by atoms with van der Waals surface area (Å²) in [5, 5.41) is 14.4. The summed E-state index contributed by atoms with van der Waals surface area (Å²) < 4.78 is 5.23. The van der Waals surface area contributed by atoms with Crippen molar-refractivity contribution in [3.8, 4) is 5.75 Å². The number of anilines is 1. The second kappa shape index (κ2) is 5.99. The highest BCUT2D eigenvalue weighted by Gasteiger charge is 2.31.